The van der Waals surface area contributed by atoms with Crippen LogP contribution < -0.4 is 10.2 Å². The van der Waals surface area contributed by atoms with Gasteiger partial charge in [0.2, 0.25) is 0 Å². The van der Waals surface area contributed by atoms with E-state index in [0.29, 0.717) is 16.6 Å². The number of pyridine rings is 1. The first-order chi connectivity index (χ1) is 16.0. The van der Waals surface area contributed by atoms with Crippen LogP contribution in [0.25, 0.3) is 11.3 Å². The van der Waals surface area contributed by atoms with Crippen LogP contribution in [-0.4, -0.2) is 15.0 Å². The molecule has 0 bridgehead atoms. The number of thiocarbonyl (C=S) groups is 1. The maximum Gasteiger partial charge on any atom is 0.269 e. The molecule has 2 aromatic carbocycles. The maximum atomic E-state index is 11.0. The Morgan fingerprint density at radius 3 is 2.58 bits per heavy atom. The first-order valence-electron chi connectivity index (χ1n) is 10.4. The number of hydrogen-bond donors (Lipinski definition) is 1. The number of rotatable bonds is 5. The number of aromatic nitrogens is 1. The molecule has 1 aliphatic heterocycles. The van der Waals surface area contributed by atoms with E-state index < -0.39 is 4.92 Å². The van der Waals surface area contributed by atoms with Crippen molar-refractivity contribution < 1.29 is 9.34 Å². The summed E-state index contributed by atoms with van der Waals surface area (Å²) < 4.78 is 6.30. The van der Waals surface area contributed by atoms with E-state index in [-0.39, 0.29) is 17.8 Å². The van der Waals surface area contributed by atoms with Crippen LogP contribution in [0, 0.1) is 17.0 Å². The van der Waals surface area contributed by atoms with Gasteiger partial charge in [-0.25, -0.2) is 0 Å². The van der Waals surface area contributed by atoms with Gasteiger partial charge in [-0.2, -0.15) is 0 Å². The fraction of sp³-hybridized carbons (Fsp3) is 0.120. The van der Waals surface area contributed by atoms with Crippen LogP contribution in [0.15, 0.2) is 89.5 Å². The Morgan fingerprint density at radius 2 is 1.88 bits per heavy atom. The highest BCUT2D eigenvalue weighted by Gasteiger charge is 2.42. The van der Waals surface area contributed by atoms with Gasteiger partial charge in [0.25, 0.3) is 5.69 Å². The van der Waals surface area contributed by atoms with E-state index in [4.69, 9.17) is 16.6 Å². The number of nitro benzene ring substituents is 1. The Balaban J connectivity index is 1.57. The minimum absolute atomic E-state index is 0.0386. The highest BCUT2D eigenvalue weighted by molar-refractivity contribution is 7.80. The van der Waals surface area contributed by atoms with E-state index in [1.807, 2.05) is 55.5 Å². The molecule has 0 saturated carbocycles. The zero-order valence-electron chi connectivity index (χ0n) is 17.7. The lowest BCUT2D eigenvalue weighted by Crippen LogP contribution is -2.29. The molecule has 1 aliphatic rings. The van der Waals surface area contributed by atoms with Gasteiger partial charge in [0, 0.05) is 29.6 Å². The van der Waals surface area contributed by atoms with Crippen molar-refractivity contribution >= 4 is 28.7 Å². The summed E-state index contributed by atoms with van der Waals surface area (Å²) in [5.74, 6) is 1.34. The number of hydrogen-bond acceptors (Lipinski definition) is 5. The molecule has 1 saturated heterocycles. The summed E-state index contributed by atoms with van der Waals surface area (Å²) in [5, 5.41) is 15.0. The van der Waals surface area contributed by atoms with Crippen LogP contribution in [0.3, 0.4) is 0 Å². The molecule has 0 amide bonds. The summed E-state index contributed by atoms with van der Waals surface area (Å²) in [5.41, 5.74) is 3.74. The number of nitrogens with zero attached hydrogens (tertiary/aromatic N) is 3. The van der Waals surface area contributed by atoms with Crippen LogP contribution in [-0.2, 0) is 0 Å². The van der Waals surface area contributed by atoms with Crippen LogP contribution >= 0.6 is 12.2 Å². The highest BCUT2D eigenvalue weighted by atomic mass is 32.1. The maximum absolute atomic E-state index is 11.0. The number of nitro groups is 1. The van der Waals surface area contributed by atoms with E-state index in [1.54, 1.807) is 18.3 Å². The number of furan rings is 1. The second-order valence-electron chi connectivity index (χ2n) is 7.84. The molecule has 33 heavy (non-hydrogen) atoms. The highest BCUT2D eigenvalue weighted by Crippen LogP contribution is 2.43. The lowest BCUT2D eigenvalue weighted by atomic mass is 10.0. The molecule has 5 rings (SSSR count). The third-order valence-electron chi connectivity index (χ3n) is 5.66. The minimum atomic E-state index is -0.417. The summed E-state index contributed by atoms with van der Waals surface area (Å²) in [6.07, 6.45) is 1.76. The van der Waals surface area contributed by atoms with Crippen molar-refractivity contribution in [2.45, 2.75) is 19.0 Å². The third-order valence-corrected chi connectivity index (χ3v) is 5.97. The Labute approximate surface area is 195 Å². The predicted octanol–water partition coefficient (Wildman–Crippen LogP) is 5.74. The molecule has 1 fully saturated rings. The summed E-state index contributed by atoms with van der Waals surface area (Å²) in [7, 11) is 0. The van der Waals surface area contributed by atoms with Crippen molar-refractivity contribution in [3.8, 4) is 11.3 Å². The van der Waals surface area contributed by atoms with Crippen LogP contribution in [0.5, 0.6) is 0 Å². The third kappa shape index (κ3) is 3.96. The Hall–Kier alpha value is -4.04. The van der Waals surface area contributed by atoms with Crippen LogP contribution in [0.4, 0.5) is 11.4 Å². The molecule has 7 nitrogen and oxygen atoms in total. The molecule has 4 aromatic rings. The Bertz CT molecular complexity index is 1320. The van der Waals surface area contributed by atoms with Gasteiger partial charge in [-0.1, -0.05) is 18.2 Å². The second kappa shape index (κ2) is 8.48. The molecule has 164 valence electrons. The van der Waals surface area contributed by atoms with E-state index in [2.05, 4.69) is 21.3 Å². The van der Waals surface area contributed by atoms with Crippen molar-refractivity contribution in [3.63, 3.8) is 0 Å². The molecule has 2 atom stereocenters. The average Bonchev–Trinajstić information content (AvgIpc) is 3.44. The van der Waals surface area contributed by atoms with Gasteiger partial charge < -0.3 is 14.6 Å². The van der Waals surface area contributed by atoms with Crippen molar-refractivity contribution in [2.75, 3.05) is 4.90 Å². The molecule has 2 unspecified atom stereocenters. The smallest absolute Gasteiger partial charge is 0.269 e. The van der Waals surface area contributed by atoms with Gasteiger partial charge in [0.05, 0.1) is 16.7 Å². The zero-order chi connectivity index (χ0) is 22.9. The topological polar surface area (TPSA) is 84.4 Å². The molecular formula is C25H20N4O3S. The SMILES string of the molecule is Cc1cccc(N2C(=S)NC(c3ccccn3)C2c2ccc(-c3ccc([N+](=O)[O-])cc3)o2)c1. The van der Waals surface area contributed by atoms with E-state index in [9.17, 15) is 10.1 Å². The Kier molecular flexibility index (Phi) is 5.35. The summed E-state index contributed by atoms with van der Waals surface area (Å²) in [6.45, 7) is 2.04. The van der Waals surface area contributed by atoms with Crippen molar-refractivity contribution in [3.05, 3.63) is 112 Å². The van der Waals surface area contributed by atoms with E-state index >= 15 is 0 Å². The summed E-state index contributed by atoms with van der Waals surface area (Å²) in [4.78, 5) is 17.2. The lowest BCUT2D eigenvalue weighted by molar-refractivity contribution is -0.384. The fourth-order valence-corrected chi connectivity index (χ4v) is 4.46. The number of anilines is 1. The molecule has 0 radical (unpaired) electrons. The summed E-state index contributed by atoms with van der Waals surface area (Å²) in [6, 6.07) is 23.6. The number of aryl methyl sites for hydroxylation is 1. The zero-order valence-corrected chi connectivity index (χ0v) is 18.5. The predicted molar refractivity (Wildman–Crippen MR) is 130 cm³/mol. The van der Waals surface area contributed by atoms with Gasteiger partial charge in [-0.3, -0.25) is 15.1 Å². The van der Waals surface area contributed by atoms with Gasteiger partial charge in [0.1, 0.15) is 17.6 Å². The average molecular weight is 457 g/mol. The van der Waals surface area contributed by atoms with E-state index in [0.717, 1.165) is 22.5 Å². The van der Waals surface area contributed by atoms with Crippen LogP contribution in [0.2, 0.25) is 0 Å². The number of benzene rings is 2. The second-order valence-corrected chi connectivity index (χ2v) is 8.23. The standard InChI is InChI=1S/C25H20N4O3S/c1-16-5-4-6-19(15-16)28-24(23(27-25(28)33)20-7-2-3-14-26-20)22-13-12-21(32-22)17-8-10-18(11-9-17)29(30)31/h2-15,23-24H,1H3,(H,27,33). The quantitative estimate of drug-likeness (QED) is 0.233. The summed E-state index contributed by atoms with van der Waals surface area (Å²) >= 11 is 5.74. The van der Waals surface area contributed by atoms with Gasteiger partial charge >= 0.3 is 0 Å². The normalized spacial score (nSPS) is 17.7. The fourth-order valence-electron chi connectivity index (χ4n) is 4.11. The van der Waals surface area contributed by atoms with Crippen LogP contribution in [0.1, 0.15) is 29.1 Å². The van der Waals surface area contributed by atoms with Crippen molar-refractivity contribution in [2.24, 2.45) is 0 Å². The first-order valence-corrected chi connectivity index (χ1v) is 10.8. The Morgan fingerprint density at radius 1 is 1.06 bits per heavy atom. The number of non-ortho nitro benzene ring substituents is 1. The van der Waals surface area contributed by atoms with Crippen molar-refractivity contribution in [1.82, 2.24) is 10.3 Å². The largest absolute Gasteiger partial charge is 0.459 e. The first kappa shape index (κ1) is 20.8. The molecule has 3 heterocycles. The van der Waals surface area contributed by atoms with E-state index in [1.165, 1.54) is 12.1 Å². The van der Waals surface area contributed by atoms with Gasteiger partial charge in [-0.15, -0.1) is 0 Å². The van der Waals surface area contributed by atoms with Gasteiger partial charge in [0.15, 0.2) is 5.11 Å². The van der Waals surface area contributed by atoms with Gasteiger partial charge in [-0.05, 0) is 73.2 Å². The molecule has 0 spiro atoms. The molecule has 1 N–H and O–H groups in total. The lowest BCUT2D eigenvalue weighted by Gasteiger charge is -2.26. The minimum Gasteiger partial charge on any atom is -0.459 e. The molecular weight excluding hydrogens is 436 g/mol. The molecule has 2 aromatic heterocycles. The van der Waals surface area contributed by atoms with Crippen molar-refractivity contribution in [1.29, 1.82) is 0 Å². The monoisotopic (exact) mass is 456 g/mol. The number of nitrogens with one attached hydrogen (secondary N) is 1. The molecule has 0 aliphatic carbocycles. The molecule has 8 heteroatoms.